The summed E-state index contributed by atoms with van der Waals surface area (Å²) < 4.78 is 31.4. The number of carbonyl (C=O) groups is 1. The van der Waals surface area contributed by atoms with Crippen LogP contribution in [0.25, 0.3) is 0 Å². The number of hydrogen-bond acceptors (Lipinski definition) is 4. The minimum Gasteiger partial charge on any atom is -0.480 e. The quantitative estimate of drug-likeness (QED) is 0.134. The lowest BCUT2D eigenvalue weighted by Gasteiger charge is -2.16. The van der Waals surface area contributed by atoms with Gasteiger partial charge >= 0.3 is 5.97 Å². The highest BCUT2D eigenvalue weighted by atomic mass is 32.2. The van der Waals surface area contributed by atoms with Crippen LogP contribution in [0.1, 0.15) is 95.1 Å². The number of benzene rings is 2. The zero-order valence-corrected chi connectivity index (χ0v) is 22.4. The number of nitrogens with one attached hydrogen (secondary N) is 1. The molecular weight excluding hydrogens is 474 g/mol. The molecular formula is C29H43NO5S. The van der Waals surface area contributed by atoms with E-state index in [0.29, 0.717) is 12.1 Å². The number of carboxylic acid groups (broad SMARTS) is 1. The van der Waals surface area contributed by atoms with Gasteiger partial charge in [-0.2, -0.15) is 8.42 Å². The third-order valence-electron chi connectivity index (χ3n) is 6.57. The fourth-order valence-electron chi connectivity index (χ4n) is 4.37. The van der Waals surface area contributed by atoms with Crippen molar-refractivity contribution < 1.29 is 22.9 Å². The average Bonchev–Trinajstić information content (AvgIpc) is 2.85. The van der Waals surface area contributed by atoms with Gasteiger partial charge in [-0.05, 0) is 48.2 Å². The van der Waals surface area contributed by atoms with E-state index in [0.717, 1.165) is 12.0 Å². The van der Waals surface area contributed by atoms with Crippen molar-refractivity contribution in [1.82, 2.24) is 0 Å². The Labute approximate surface area is 217 Å². The number of unbranched alkanes of at least 4 members (excludes halogenated alkanes) is 11. The Morgan fingerprint density at radius 3 is 1.69 bits per heavy atom. The summed E-state index contributed by atoms with van der Waals surface area (Å²) in [5.41, 5.74) is 2.66. The van der Waals surface area contributed by atoms with E-state index in [9.17, 15) is 18.3 Å². The van der Waals surface area contributed by atoms with Crippen LogP contribution in [0.2, 0.25) is 0 Å². The van der Waals surface area contributed by atoms with Gasteiger partial charge in [0.1, 0.15) is 6.04 Å². The molecule has 2 aromatic carbocycles. The lowest BCUT2D eigenvalue weighted by Crippen LogP contribution is -2.31. The first-order chi connectivity index (χ1) is 17.3. The highest BCUT2D eigenvalue weighted by Gasteiger charge is 2.18. The summed E-state index contributed by atoms with van der Waals surface area (Å²) in [6.45, 7) is 2.26. The van der Waals surface area contributed by atoms with Crippen molar-refractivity contribution in [2.45, 2.75) is 108 Å². The van der Waals surface area contributed by atoms with E-state index in [4.69, 9.17) is 4.55 Å². The molecule has 200 valence electrons. The maximum atomic E-state index is 11.7. The van der Waals surface area contributed by atoms with Gasteiger partial charge in [0.05, 0.1) is 4.90 Å². The third kappa shape index (κ3) is 12.0. The van der Waals surface area contributed by atoms with Gasteiger partial charge < -0.3 is 10.4 Å². The fraction of sp³-hybridized carbons (Fsp3) is 0.552. The smallest absolute Gasteiger partial charge is 0.326 e. The molecule has 1 atom stereocenters. The van der Waals surface area contributed by atoms with Crippen LogP contribution in [0.4, 0.5) is 5.69 Å². The number of aliphatic carboxylic acids is 1. The van der Waals surface area contributed by atoms with E-state index < -0.39 is 22.1 Å². The molecule has 7 heteroatoms. The first-order valence-corrected chi connectivity index (χ1v) is 14.9. The van der Waals surface area contributed by atoms with Crippen LogP contribution in [-0.4, -0.2) is 30.1 Å². The van der Waals surface area contributed by atoms with Crippen LogP contribution in [0.3, 0.4) is 0 Å². The summed E-state index contributed by atoms with van der Waals surface area (Å²) in [6, 6.07) is 12.6. The Morgan fingerprint density at radius 1 is 0.750 bits per heavy atom. The molecule has 0 radical (unpaired) electrons. The highest BCUT2D eigenvalue weighted by Crippen LogP contribution is 2.18. The van der Waals surface area contributed by atoms with Gasteiger partial charge in [0.15, 0.2) is 0 Å². The topological polar surface area (TPSA) is 104 Å². The van der Waals surface area contributed by atoms with E-state index in [1.165, 1.54) is 107 Å². The van der Waals surface area contributed by atoms with Crippen LogP contribution in [-0.2, 0) is 27.8 Å². The molecule has 0 aromatic heterocycles. The molecule has 0 aliphatic heterocycles. The van der Waals surface area contributed by atoms with Gasteiger partial charge in [-0.15, -0.1) is 0 Å². The Hall–Kier alpha value is -2.38. The van der Waals surface area contributed by atoms with Crippen molar-refractivity contribution in [3.05, 3.63) is 59.7 Å². The number of carboxylic acids is 1. The van der Waals surface area contributed by atoms with Crippen molar-refractivity contribution in [3.63, 3.8) is 0 Å². The number of anilines is 1. The Kier molecular flexibility index (Phi) is 13.6. The Morgan fingerprint density at radius 2 is 1.22 bits per heavy atom. The van der Waals surface area contributed by atoms with Crippen molar-refractivity contribution in [1.29, 1.82) is 0 Å². The maximum Gasteiger partial charge on any atom is 0.326 e. The SMILES string of the molecule is CCCCCCCCCCCCCCc1ccc(C[C@H](Nc2ccc(S(=O)(=O)O)cc2)C(=O)O)cc1. The summed E-state index contributed by atoms with van der Waals surface area (Å²) in [5, 5.41) is 12.5. The standard InChI is InChI=1S/C29H43NO5S/c1-2-3-4-5-6-7-8-9-10-11-12-13-14-24-15-17-25(18-16-24)23-28(29(31)32)30-26-19-21-27(22-20-26)36(33,34)35/h15-22,28,30H,2-14,23H2,1H3,(H,31,32)(H,33,34,35)/t28-/m0/s1. The number of hydrogen-bond donors (Lipinski definition) is 3. The maximum absolute atomic E-state index is 11.7. The molecule has 6 nitrogen and oxygen atoms in total. The molecule has 0 unspecified atom stereocenters. The molecule has 2 aromatic rings. The highest BCUT2D eigenvalue weighted by molar-refractivity contribution is 7.85. The summed E-state index contributed by atoms with van der Waals surface area (Å²) >= 11 is 0. The van der Waals surface area contributed by atoms with Gasteiger partial charge in [-0.1, -0.05) is 102 Å². The van der Waals surface area contributed by atoms with Crippen molar-refractivity contribution in [2.75, 3.05) is 5.32 Å². The number of aryl methyl sites for hydroxylation is 1. The fourth-order valence-corrected chi connectivity index (χ4v) is 4.85. The van der Waals surface area contributed by atoms with Crippen molar-refractivity contribution in [2.24, 2.45) is 0 Å². The molecule has 0 saturated carbocycles. The van der Waals surface area contributed by atoms with E-state index in [1.54, 1.807) is 0 Å². The van der Waals surface area contributed by atoms with Crippen LogP contribution in [0.15, 0.2) is 53.4 Å². The second kappa shape index (κ2) is 16.4. The summed E-state index contributed by atoms with van der Waals surface area (Å²) in [4.78, 5) is 11.5. The third-order valence-corrected chi connectivity index (χ3v) is 7.44. The van der Waals surface area contributed by atoms with Crippen molar-refractivity contribution in [3.8, 4) is 0 Å². The molecule has 0 aliphatic carbocycles. The Balaban J connectivity index is 1.67. The van der Waals surface area contributed by atoms with Crippen LogP contribution >= 0.6 is 0 Å². The molecule has 0 amide bonds. The predicted molar refractivity (Wildman–Crippen MR) is 146 cm³/mol. The van der Waals surface area contributed by atoms with E-state index in [1.807, 2.05) is 12.1 Å². The molecule has 0 bridgehead atoms. The molecule has 2 rings (SSSR count). The summed E-state index contributed by atoms with van der Waals surface area (Å²) in [5.74, 6) is -0.991. The molecule has 0 heterocycles. The molecule has 36 heavy (non-hydrogen) atoms. The molecule has 0 aliphatic rings. The number of rotatable bonds is 19. The van der Waals surface area contributed by atoms with Crippen molar-refractivity contribution >= 4 is 21.8 Å². The van der Waals surface area contributed by atoms with E-state index in [2.05, 4.69) is 24.4 Å². The molecule has 0 spiro atoms. The van der Waals surface area contributed by atoms with E-state index in [-0.39, 0.29) is 4.90 Å². The normalized spacial score (nSPS) is 12.4. The van der Waals surface area contributed by atoms with Gasteiger partial charge in [0.2, 0.25) is 0 Å². The first-order valence-electron chi connectivity index (χ1n) is 13.4. The van der Waals surface area contributed by atoms with Crippen LogP contribution < -0.4 is 5.32 Å². The summed E-state index contributed by atoms with van der Waals surface area (Å²) in [6.07, 6.45) is 17.4. The zero-order valence-electron chi connectivity index (χ0n) is 21.6. The van der Waals surface area contributed by atoms with Gasteiger partial charge in [-0.3, -0.25) is 4.55 Å². The molecule has 3 N–H and O–H groups in total. The average molecular weight is 518 g/mol. The molecule has 0 fully saturated rings. The van der Waals surface area contributed by atoms with Crippen LogP contribution in [0, 0.1) is 0 Å². The van der Waals surface area contributed by atoms with Gasteiger partial charge in [-0.25, -0.2) is 4.79 Å². The van der Waals surface area contributed by atoms with Gasteiger partial charge in [0.25, 0.3) is 10.1 Å². The predicted octanol–water partition coefficient (Wildman–Crippen LogP) is 7.28. The van der Waals surface area contributed by atoms with Gasteiger partial charge in [0, 0.05) is 12.1 Å². The zero-order chi connectivity index (χ0) is 26.2. The monoisotopic (exact) mass is 517 g/mol. The van der Waals surface area contributed by atoms with E-state index >= 15 is 0 Å². The Bertz CT molecular complexity index is 987. The second-order valence-corrected chi connectivity index (χ2v) is 11.1. The lowest BCUT2D eigenvalue weighted by atomic mass is 10.0. The van der Waals surface area contributed by atoms with Crippen LogP contribution in [0.5, 0.6) is 0 Å². The minimum absolute atomic E-state index is 0.233. The molecule has 0 saturated heterocycles. The second-order valence-electron chi connectivity index (χ2n) is 9.69. The minimum atomic E-state index is -4.28. The largest absolute Gasteiger partial charge is 0.480 e. The first kappa shape index (κ1) is 29.8. The lowest BCUT2D eigenvalue weighted by molar-refractivity contribution is -0.137. The summed E-state index contributed by atoms with van der Waals surface area (Å²) in [7, 11) is -4.28.